The summed E-state index contributed by atoms with van der Waals surface area (Å²) in [6.07, 6.45) is 14.6. The Bertz CT molecular complexity index is 604. The Kier molecular flexibility index (Phi) is 3.72. The summed E-state index contributed by atoms with van der Waals surface area (Å²) in [7, 11) is 0. The molecule has 5 nitrogen and oxygen atoms in total. The van der Waals surface area contributed by atoms with Crippen LogP contribution in [-0.2, 0) is 4.79 Å². The third kappa shape index (κ3) is 2.81. The lowest BCUT2D eigenvalue weighted by Gasteiger charge is -2.57. The molecule has 4 bridgehead atoms. The zero-order valence-electron chi connectivity index (χ0n) is 14.8. The van der Waals surface area contributed by atoms with Crippen molar-refractivity contribution in [2.45, 2.75) is 57.5 Å². The predicted molar refractivity (Wildman–Crippen MR) is 92.9 cm³/mol. The van der Waals surface area contributed by atoms with E-state index >= 15 is 0 Å². The van der Waals surface area contributed by atoms with E-state index in [-0.39, 0.29) is 11.5 Å². The lowest BCUT2D eigenvalue weighted by molar-refractivity contribution is -0.159. The van der Waals surface area contributed by atoms with E-state index in [4.69, 9.17) is 4.74 Å². The number of ether oxygens (including phenoxy) is 1. The zero-order chi connectivity index (χ0) is 16.9. The molecule has 4 aliphatic carbocycles. The van der Waals surface area contributed by atoms with Gasteiger partial charge in [-0.3, -0.25) is 9.78 Å². The van der Waals surface area contributed by atoms with Crippen LogP contribution in [0.2, 0.25) is 0 Å². The van der Waals surface area contributed by atoms with Gasteiger partial charge in [0.1, 0.15) is 6.10 Å². The first kappa shape index (κ1) is 15.6. The van der Waals surface area contributed by atoms with Crippen molar-refractivity contribution in [1.82, 2.24) is 14.9 Å². The van der Waals surface area contributed by atoms with Crippen molar-refractivity contribution in [1.29, 1.82) is 0 Å². The molecule has 5 aliphatic rings. The van der Waals surface area contributed by atoms with Gasteiger partial charge in [0.15, 0.2) is 0 Å². The number of carbonyl (C=O) groups is 1. The average Bonchev–Trinajstić information content (AvgIpc) is 2.61. The van der Waals surface area contributed by atoms with Gasteiger partial charge in [0.05, 0.1) is 11.6 Å². The third-order valence-electron chi connectivity index (χ3n) is 7.05. The van der Waals surface area contributed by atoms with Gasteiger partial charge in [0, 0.05) is 38.3 Å². The van der Waals surface area contributed by atoms with E-state index < -0.39 is 0 Å². The van der Waals surface area contributed by atoms with Crippen molar-refractivity contribution in [2.75, 3.05) is 13.1 Å². The number of aromatic nitrogens is 2. The fraction of sp³-hybridized carbons (Fsp3) is 0.750. The minimum atomic E-state index is -0.00660. The van der Waals surface area contributed by atoms with Crippen LogP contribution in [0.3, 0.4) is 0 Å². The Hall–Kier alpha value is -1.65. The highest BCUT2D eigenvalue weighted by molar-refractivity contribution is 5.83. The van der Waals surface area contributed by atoms with Crippen LogP contribution in [0.25, 0.3) is 0 Å². The Labute approximate surface area is 149 Å². The van der Waals surface area contributed by atoms with Crippen molar-refractivity contribution in [3.05, 3.63) is 18.6 Å². The molecule has 5 heteroatoms. The van der Waals surface area contributed by atoms with E-state index in [0.29, 0.717) is 11.8 Å². The van der Waals surface area contributed by atoms with Crippen LogP contribution in [-0.4, -0.2) is 40.0 Å². The van der Waals surface area contributed by atoms with Crippen LogP contribution in [0.5, 0.6) is 5.88 Å². The maximum Gasteiger partial charge on any atom is 0.232 e. The average molecular weight is 341 g/mol. The zero-order valence-corrected chi connectivity index (χ0v) is 14.8. The van der Waals surface area contributed by atoms with Crippen LogP contribution in [0.1, 0.15) is 51.4 Å². The van der Waals surface area contributed by atoms with Gasteiger partial charge >= 0.3 is 0 Å². The Morgan fingerprint density at radius 2 is 1.68 bits per heavy atom. The van der Waals surface area contributed by atoms with Crippen molar-refractivity contribution < 1.29 is 9.53 Å². The lowest BCUT2D eigenvalue weighted by atomic mass is 9.49. The van der Waals surface area contributed by atoms with E-state index in [0.717, 1.165) is 62.9 Å². The van der Waals surface area contributed by atoms with Gasteiger partial charge in [-0.25, -0.2) is 4.98 Å². The molecule has 2 heterocycles. The van der Waals surface area contributed by atoms with Gasteiger partial charge in [0.2, 0.25) is 11.8 Å². The van der Waals surface area contributed by atoms with Crippen LogP contribution >= 0.6 is 0 Å². The predicted octanol–water partition coefficient (Wildman–Crippen LogP) is 3.06. The smallest absolute Gasteiger partial charge is 0.232 e. The molecule has 1 aliphatic heterocycles. The van der Waals surface area contributed by atoms with Gasteiger partial charge in [-0.1, -0.05) is 0 Å². The van der Waals surface area contributed by atoms with Gasteiger partial charge < -0.3 is 9.64 Å². The minimum absolute atomic E-state index is 0.00660. The summed E-state index contributed by atoms with van der Waals surface area (Å²) in [5.74, 6) is 3.53. The first-order valence-corrected chi connectivity index (χ1v) is 9.92. The van der Waals surface area contributed by atoms with Gasteiger partial charge in [-0.05, 0) is 56.3 Å². The van der Waals surface area contributed by atoms with Gasteiger partial charge in [-0.15, -0.1) is 0 Å². The maximum atomic E-state index is 13.4. The van der Waals surface area contributed by atoms with E-state index in [9.17, 15) is 4.79 Å². The maximum absolute atomic E-state index is 13.4. The molecule has 1 saturated heterocycles. The number of rotatable bonds is 3. The first-order chi connectivity index (χ1) is 12.2. The summed E-state index contributed by atoms with van der Waals surface area (Å²) in [4.78, 5) is 23.8. The molecule has 0 N–H and O–H groups in total. The number of amides is 1. The minimum Gasteiger partial charge on any atom is -0.473 e. The fourth-order valence-electron chi connectivity index (χ4n) is 6.40. The Morgan fingerprint density at radius 1 is 1.04 bits per heavy atom. The fourth-order valence-corrected chi connectivity index (χ4v) is 6.40. The second kappa shape index (κ2) is 5.96. The van der Waals surface area contributed by atoms with Crippen LogP contribution in [0.4, 0.5) is 0 Å². The first-order valence-electron chi connectivity index (χ1n) is 9.92. The van der Waals surface area contributed by atoms with Crippen molar-refractivity contribution >= 4 is 5.91 Å². The van der Waals surface area contributed by atoms with Gasteiger partial charge in [0.25, 0.3) is 0 Å². The highest BCUT2D eigenvalue weighted by Crippen LogP contribution is 2.60. The molecule has 0 radical (unpaired) electrons. The molecule has 25 heavy (non-hydrogen) atoms. The molecular formula is C20H27N3O2. The van der Waals surface area contributed by atoms with Crippen LogP contribution in [0.15, 0.2) is 18.6 Å². The SMILES string of the molecule is O=C(N1CCC(Oc2cnccn2)CC1)C12CC3CC(CC(C3)C1)C2. The molecule has 0 aromatic carbocycles. The topological polar surface area (TPSA) is 55.3 Å². The summed E-state index contributed by atoms with van der Waals surface area (Å²) >= 11 is 0. The second-order valence-electron chi connectivity index (χ2n) is 8.85. The molecule has 5 fully saturated rings. The number of piperidine rings is 1. The molecule has 0 spiro atoms. The molecule has 1 aromatic heterocycles. The van der Waals surface area contributed by atoms with Crippen LogP contribution in [0, 0.1) is 23.2 Å². The summed E-state index contributed by atoms with van der Waals surface area (Å²) in [6.45, 7) is 1.65. The summed E-state index contributed by atoms with van der Waals surface area (Å²) in [6, 6.07) is 0. The molecule has 134 valence electrons. The second-order valence-corrected chi connectivity index (χ2v) is 8.85. The molecule has 4 saturated carbocycles. The quantitative estimate of drug-likeness (QED) is 0.848. The van der Waals surface area contributed by atoms with Crippen molar-refractivity contribution in [3.63, 3.8) is 0 Å². The molecule has 6 rings (SSSR count). The normalized spacial score (nSPS) is 37.3. The standard InChI is InChI=1S/C20H27N3O2/c24-19(20-10-14-7-15(11-20)9-16(8-14)12-20)23-5-1-17(2-6-23)25-18-13-21-3-4-22-18/h3-4,13-17H,1-2,5-12H2. The Balaban J connectivity index is 1.22. The summed E-state index contributed by atoms with van der Waals surface area (Å²) < 4.78 is 5.92. The van der Waals surface area contributed by atoms with Crippen LogP contribution < -0.4 is 4.74 Å². The monoisotopic (exact) mass is 341 g/mol. The highest BCUT2D eigenvalue weighted by atomic mass is 16.5. The summed E-state index contributed by atoms with van der Waals surface area (Å²) in [5.41, 5.74) is -0.00660. The Morgan fingerprint density at radius 3 is 2.24 bits per heavy atom. The molecule has 0 unspecified atom stereocenters. The van der Waals surface area contributed by atoms with Crippen molar-refractivity contribution in [3.8, 4) is 5.88 Å². The number of nitrogens with zero attached hydrogens (tertiary/aromatic N) is 3. The largest absolute Gasteiger partial charge is 0.473 e. The number of hydrogen-bond donors (Lipinski definition) is 0. The van der Waals surface area contributed by atoms with E-state index in [2.05, 4.69) is 14.9 Å². The van der Waals surface area contributed by atoms with E-state index in [1.165, 1.54) is 19.3 Å². The molecule has 1 aromatic rings. The van der Waals surface area contributed by atoms with Gasteiger partial charge in [-0.2, -0.15) is 0 Å². The highest BCUT2D eigenvalue weighted by Gasteiger charge is 2.55. The number of hydrogen-bond acceptors (Lipinski definition) is 4. The van der Waals surface area contributed by atoms with E-state index in [1.807, 2.05) is 0 Å². The molecule has 1 amide bonds. The molecule has 0 atom stereocenters. The van der Waals surface area contributed by atoms with Crippen molar-refractivity contribution in [2.24, 2.45) is 23.2 Å². The molecular weight excluding hydrogens is 314 g/mol. The third-order valence-corrected chi connectivity index (χ3v) is 7.05. The number of carbonyl (C=O) groups excluding carboxylic acids is 1. The summed E-state index contributed by atoms with van der Waals surface area (Å²) in [5, 5.41) is 0. The lowest BCUT2D eigenvalue weighted by Crippen LogP contribution is -2.56. The van der Waals surface area contributed by atoms with E-state index in [1.54, 1.807) is 18.6 Å². The number of likely N-dealkylation sites (tertiary alicyclic amines) is 1.